The van der Waals surface area contributed by atoms with Crippen molar-refractivity contribution in [3.63, 3.8) is 0 Å². The molecule has 2 aliphatic heterocycles. The normalized spacial score (nSPS) is 21.9. The lowest BCUT2D eigenvalue weighted by molar-refractivity contribution is -0.144. The second kappa shape index (κ2) is 9.84. The number of aromatic nitrogens is 2. The summed E-state index contributed by atoms with van der Waals surface area (Å²) in [4.78, 5) is 49.6. The Morgan fingerprint density at radius 2 is 1.83 bits per heavy atom. The molecule has 164 valence electrons. The predicted octanol–water partition coefficient (Wildman–Crippen LogP) is -0.0134. The summed E-state index contributed by atoms with van der Waals surface area (Å²) in [5, 5.41) is 2.78. The van der Waals surface area contributed by atoms with Crippen molar-refractivity contribution >= 4 is 23.7 Å². The molecule has 2 fully saturated rings. The Hall–Kier alpha value is -2.75. The van der Waals surface area contributed by atoms with Crippen molar-refractivity contribution in [1.29, 1.82) is 0 Å². The van der Waals surface area contributed by atoms with Crippen LogP contribution in [0.25, 0.3) is 0 Å². The van der Waals surface area contributed by atoms with Gasteiger partial charge >= 0.3 is 5.97 Å². The van der Waals surface area contributed by atoms with E-state index in [1.165, 1.54) is 0 Å². The fourth-order valence-corrected chi connectivity index (χ4v) is 3.46. The molecule has 0 aliphatic carbocycles. The summed E-state index contributed by atoms with van der Waals surface area (Å²) in [5.41, 5.74) is 0. The average Bonchev–Trinajstić information content (AvgIpc) is 3.55. The zero-order valence-corrected chi connectivity index (χ0v) is 17.6. The fraction of sp³-hybridized carbons (Fsp3) is 0.650. The maximum Gasteiger partial charge on any atom is 0.338 e. The van der Waals surface area contributed by atoms with Gasteiger partial charge in [0.15, 0.2) is 12.2 Å². The molecular formula is C20H29N5O5. The van der Waals surface area contributed by atoms with E-state index in [1.807, 2.05) is 18.7 Å². The molecule has 3 rings (SSSR count). The maximum absolute atomic E-state index is 13.1. The molecule has 0 aromatic carbocycles. The lowest BCUT2D eigenvalue weighted by Crippen LogP contribution is -2.56. The number of ether oxygens (including phenoxy) is 2. The van der Waals surface area contributed by atoms with E-state index in [1.54, 1.807) is 30.3 Å². The minimum Gasteiger partial charge on any atom is -0.464 e. The lowest BCUT2D eigenvalue weighted by Gasteiger charge is -2.36. The highest BCUT2D eigenvalue weighted by Gasteiger charge is 2.52. The number of hydrogen-bond donors (Lipinski definition) is 1. The lowest BCUT2D eigenvalue weighted by atomic mass is 10.0. The number of amides is 2. The van der Waals surface area contributed by atoms with Crippen molar-refractivity contribution < 1.29 is 23.9 Å². The standard InChI is InChI=1S/C20H29N5O5/c1-4-29-19(28)16-15(30-16)17(26)23-14(12-13(2)3)18(27)24-8-10-25(11-9-24)20-21-6-5-7-22-20/h5-7,13-16H,4,8-12H2,1-3H3,(H,23,26)/t14-,15-,16-/m0/s1. The number of carbonyl (C=O) groups excluding carboxylic acids is 3. The Morgan fingerprint density at radius 1 is 1.17 bits per heavy atom. The van der Waals surface area contributed by atoms with E-state index < -0.39 is 30.1 Å². The highest BCUT2D eigenvalue weighted by Crippen LogP contribution is 2.24. The molecule has 3 atom stereocenters. The van der Waals surface area contributed by atoms with E-state index in [9.17, 15) is 14.4 Å². The molecule has 2 aliphatic rings. The van der Waals surface area contributed by atoms with Crippen LogP contribution in [0.15, 0.2) is 18.5 Å². The molecule has 10 heteroatoms. The third-order valence-electron chi connectivity index (χ3n) is 5.02. The minimum absolute atomic E-state index is 0.126. The number of esters is 1. The van der Waals surface area contributed by atoms with Crippen molar-refractivity contribution in [2.45, 2.75) is 45.4 Å². The van der Waals surface area contributed by atoms with E-state index in [2.05, 4.69) is 15.3 Å². The third-order valence-corrected chi connectivity index (χ3v) is 5.02. The van der Waals surface area contributed by atoms with E-state index in [0.29, 0.717) is 38.5 Å². The Bertz CT molecular complexity index is 751. The first kappa shape index (κ1) is 21.9. The molecule has 1 aromatic heterocycles. The Balaban J connectivity index is 1.55. The molecule has 0 spiro atoms. The number of nitrogens with one attached hydrogen (secondary N) is 1. The summed E-state index contributed by atoms with van der Waals surface area (Å²) in [6, 6.07) is 1.10. The van der Waals surface area contributed by atoms with Gasteiger partial charge in [0, 0.05) is 38.6 Å². The number of carbonyl (C=O) groups is 3. The van der Waals surface area contributed by atoms with Gasteiger partial charge in [-0.1, -0.05) is 13.8 Å². The molecule has 0 radical (unpaired) electrons. The number of epoxide rings is 1. The maximum atomic E-state index is 13.1. The monoisotopic (exact) mass is 419 g/mol. The number of piperazine rings is 1. The first-order valence-corrected chi connectivity index (χ1v) is 10.3. The number of rotatable bonds is 8. The van der Waals surface area contributed by atoms with Crippen LogP contribution in [0.2, 0.25) is 0 Å². The van der Waals surface area contributed by atoms with Crippen LogP contribution in [0.4, 0.5) is 5.95 Å². The summed E-state index contributed by atoms with van der Waals surface area (Å²) in [6.07, 6.45) is 2.12. The first-order chi connectivity index (χ1) is 14.4. The van der Waals surface area contributed by atoms with Gasteiger partial charge < -0.3 is 24.6 Å². The average molecular weight is 419 g/mol. The van der Waals surface area contributed by atoms with Crippen molar-refractivity contribution in [3.8, 4) is 0 Å². The molecule has 0 bridgehead atoms. The van der Waals surface area contributed by atoms with Gasteiger partial charge in [-0.2, -0.15) is 0 Å². The number of nitrogens with zero attached hydrogens (tertiary/aromatic N) is 4. The summed E-state index contributed by atoms with van der Waals surface area (Å²) in [5.74, 6) is -0.280. The summed E-state index contributed by atoms with van der Waals surface area (Å²) in [7, 11) is 0. The van der Waals surface area contributed by atoms with Gasteiger partial charge in [0.25, 0.3) is 5.91 Å². The molecule has 1 N–H and O–H groups in total. The number of hydrogen-bond acceptors (Lipinski definition) is 8. The summed E-state index contributed by atoms with van der Waals surface area (Å²) >= 11 is 0. The molecule has 0 saturated carbocycles. The highest BCUT2D eigenvalue weighted by atomic mass is 16.6. The largest absolute Gasteiger partial charge is 0.464 e. The van der Waals surface area contributed by atoms with Crippen LogP contribution in [0.1, 0.15) is 27.2 Å². The van der Waals surface area contributed by atoms with Gasteiger partial charge in [-0.3, -0.25) is 9.59 Å². The van der Waals surface area contributed by atoms with Gasteiger partial charge in [-0.25, -0.2) is 14.8 Å². The molecular weight excluding hydrogens is 390 g/mol. The van der Waals surface area contributed by atoms with E-state index >= 15 is 0 Å². The van der Waals surface area contributed by atoms with Gasteiger partial charge in [-0.05, 0) is 25.3 Å². The topological polar surface area (TPSA) is 117 Å². The summed E-state index contributed by atoms with van der Waals surface area (Å²) < 4.78 is 10.0. The van der Waals surface area contributed by atoms with Gasteiger partial charge in [0.05, 0.1) is 6.61 Å². The van der Waals surface area contributed by atoms with Crippen LogP contribution >= 0.6 is 0 Å². The van der Waals surface area contributed by atoms with Crippen molar-refractivity contribution in [2.24, 2.45) is 5.92 Å². The molecule has 10 nitrogen and oxygen atoms in total. The molecule has 3 heterocycles. The molecule has 2 amide bonds. The van der Waals surface area contributed by atoms with Crippen LogP contribution in [-0.4, -0.2) is 83.7 Å². The van der Waals surface area contributed by atoms with Gasteiger partial charge in [-0.15, -0.1) is 0 Å². The van der Waals surface area contributed by atoms with Crippen molar-refractivity contribution in [1.82, 2.24) is 20.2 Å². The van der Waals surface area contributed by atoms with Crippen LogP contribution in [0.5, 0.6) is 0 Å². The van der Waals surface area contributed by atoms with E-state index in [4.69, 9.17) is 9.47 Å². The predicted molar refractivity (Wildman–Crippen MR) is 108 cm³/mol. The molecule has 1 aromatic rings. The Morgan fingerprint density at radius 3 is 2.43 bits per heavy atom. The quantitative estimate of drug-likeness (QED) is 0.462. The van der Waals surface area contributed by atoms with Crippen LogP contribution in [0, 0.1) is 5.92 Å². The first-order valence-electron chi connectivity index (χ1n) is 10.3. The second-order valence-electron chi connectivity index (χ2n) is 7.78. The van der Waals surface area contributed by atoms with Crippen LogP contribution in [0.3, 0.4) is 0 Å². The van der Waals surface area contributed by atoms with Gasteiger partial charge in [0.1, 0.15) is 6.04 Å². The SMILES string of the molecule is CCOC(=O)[C@H]1O[C@@H]1C(=O)N[C@@H](CC(C)C)C(=O)N1CCN(c2ncccn2)CC1. The number of anilines is 1. The zero-order chi connectivity index (χ0) is 21.7. The second-order valence-corrected chi connectivity index (χ2v) is 7.78. The molecule has 0 unspecified atom stereocenters. The summed E-state index contributed by atoms with van der Waals surface area (Å²) in [6.45, 7) is 8.18. The molecule has 30 heavy (non-hydrogen) atoms. The van der Waals surface area contributed by atoms with E-state index in [-0.39, 0.29) is 18.4 Å². The van der Waals surface area contributed by atoms with E-state index in [0.717, 1.165) is 0 Å². The van der Waals surface area contributed by atoms with Gasteiger partial charge in [0.2, 0.25) is 11.9 Å². The third kappa shape index (κ3) is 5.44. The van der Waals surface area contributed by atoms with Crippen molar-refractivity contribution in [3.05, 3.63) is 18.5 Å². The van der Waals surface area contributed by atoms with Crippen molar-refractivity contribution in [2.75, 3.05) is 37.7 Å². The smallest absolute Gasteiger partial charge is 0.338 e. The zero-order valence-electron chi connectivity index (χ0n) is 17.6. The highest BCUT2D eigenvalue weighted by molar-refractivity contribution is 5.95. The minimum atomic E-state index is -0.890. The fourth-order valence-electron chi connectivity index (χ4n) is 3.46. The Labute approximate surface area is 175 Å². The van der Waals surface area contributed by atoms with Crippen LogP contribution in [-0.2, 0) is 23.9 Å². The molecule has 2 saturated heterocycles. The van der Waals surface area contributed by atoms with Crippen LogP contribution < -0.4 is 10.2 Å². The Kier molecular flexibility index (Phi) is 7.20.